The molecule has 1 rings (SSSR count). The Kier molecular flexibility index (Phi) is 8.59. The summed E-state index contributed by atoms with van der Waals surface area (Å²) in [5, 5.41) is 21.0. The number of amides is 1. The smallest absolute Gasteiger partial charge is 0.323 e. The maximum atomic E-state index is 12.8. The van der Waals surface area contributed by atoms with Gasteiger partial charge >= 0.3 is 5.69 Å². The molecule has 0 heterocycles. The van der Waals surface area contributed by atoms with Crippen molar-refractivity contribution in [3.05, 3.63) is 46.0 Å². The summed E-state index contributed by atoms with van der Waals surface area (Å²) in [6.45, 7) is 6.58. The fraction of sp³-hybridized carbons (Fsp3) is 0.471. The molecule has 1 aromatic carbocycles. The van der Waals surface area contributed by atoms with Crippen LogP contribution >= 0.6 is 0 Å². The van der Waals surface area contributed by atoms with Gasteiger partial charge in [-0.2, -0.15) is 0 Å². The van der Waals surface area contributed by atoms with Gasteiger partial charge in [0.15, 0.2) is 12.0 Å². The first kappa shape index (κ1) is 20.6. The number of phenolic OH excluding ortho intramolecular Hbond substituents is 1. The highest BCUT2D eigenvalue weighted by Crippen LogP contribution is 2.30. The summed E-state index contributed by atoms with van der Waals surface area (Å²) in [5.41, 5.74) is -0.788. The van der Waals surface area contributed by atoms with Gasteiger partial charge in [-0.1, -0.05) is 18.2 Å². The predicted octanol–water partition coefficient (Wildman–Crippen LogP) is 2.72. The van der Waals surface area contributed by atoms with E-state index < -0.39 is 28.6 Å². The third-order valence-corrected chi connectivity index (χ3v) is 3.35. The van der Waals surface area contributed by atoms with Gasteiger partial charge in [-0.15, -0.1) is 0 Å². The monoisotopic (exact) mass is 352 g/mol. The summed E-state index contributed by atoms with van der Waals surface area (Å²) in [7, 11) is 0. The number of nitro groups is 1. The molecule has 1 N–H and O–H groups in total. The molecule has 8 heteroatoms. The molecule has 0 aliphatic heterocycles. The molecule has 1 amide bonds. The molecule has 0 aliphatic rings. The number of rotatable bonds is 10. The van der Waals surface area contributed by atoms with Gasteiger partial charge in [0.2, 0.25) is 0 Å². The van der Waals surface area contributed by atoms with Crippen molar-refractivity contribution in [3.63, 3.8) is 0 Å². The molecule has 8 nitrogen and oxygen atoms in total. The number of nitrogens with zero attached hydrogens (tertiary/aromatic N) is 2. The van der Waals surface area contributed by atoms with Crippen LogP contribution in [0.5, 0.6) is 5.75 Å². The van der Waals surface area contributed by atoms with E-state index in [1.807, 2.05) is 20.8 Å². The van der Waals surface area contributed by atoms with Gasteiger partial charge < -0.3 is 19.5 Å². The van der Waals surface area contributed by atoms with Gasteiger partial charge in [0, 0.05) is 19.8 Å². The van der Waals surface area contributed by atoms with Gasteiger partial charge in [0.1, 0.15) is 5.56 Å². The van der Waals surface area contributed by atoms with Crippen LogP contribution in [0, 0.1) is 10.1 Å². The van der Waals surface area contributed by atoms with E-state index in [0.717, 1.165) is 0 Å². The Labute approximate surface area is 146 Å². The number of hydrogen-bond acceptors (Lipinski definition) is 6. The summed E-state index contributed by atoms with van der Waals surface area (Å²) in [6.07, 6.45) is 2.88. The normalized spacial score (nSPS) is 11.2. The minimum Gasteiger partial charge on any atom is -0.502 e. The van der Waals surface area contributed by atoms with Crippen molar-refractivity contribution in [2.45, 2.75) is 27.1 Å². The van der Waals surface area contributed by atoms with Gasteiger partial charge in [0.25, 0.3) is 5.91 Å². The van der Waals surface area contributed by atoms with Crippen LogP contribution in [0.3, 0.4) is 0 Å². The zero-order chi connectivity index (χ0) is 18.8. The molecule has 25 heavy (non-hydrogen) atoms. The van der Waals surface area contributed by atoms with Crippen molar-refractivity contribution in [2.75, 3.05) is 26.3 Å². The Morgan fingerprint density at radius 1 is 1.36 bits per heavy atom. The summed E-state index contributed by atoms with van der Waals surface area (Å²) in [4.78, 5) is 24.7. The highest BCUT2D eigenvalue weighted by Gasteiger charge is 2.29. The van der Waals surface area contributed by atoms with E-state index in [9.17, 15) is 20.0 Å². The Morgan fingerprint density at radius 2 is 2.00 bits per heavy atom. The second-order valence-corrected chi connectivity index (χ2v) is 5.05. The van der Waals surface area contributed by atoms with E-state index in [0.29, 0.717) is 13.2 Å². The van der Waals surface area contributed by atoms with E-state index >= 15 is 0 Å². The van der Waals surface area contributed by atoms with Crippen molar-refractivity contribution >= 4 is 11.6 Å². The summed E-state index contributed by atoms with van der Waals surface area (Å²) in [6, 6.07) is 3.89. The first-order valence-electron chi connectivity index (χ1n) is 8.06. The summed E-state index contributed by atoms with van der Waals surface area (Å²) >= 11 is 0. The van der Waals surface area contributed by atoms with Crippen molar-refractivity contribution < 1.29 is 24.3 Å². The molecule has 0 aromatic heterocycles. The van der Waals surface area contributed by atoms with Gasteiger partial charge in [-0.25, -0.2) is 0 Å². The quantitative estimate of drug-likeness (QED) is 0.301. The number of para-hydroxylation sites is 1. The molecule has 0 radical (unpaired) electrons. The molecule has 0 aliphatic carbocycles. The molecule has 1 aromatic rings. The maximum Gasteiger partial charge on any atom is 0.323 e. The second-order valence-electron chi connectivity index (χ2n) is 5.05. The van der Waals surface area contributed by atoms with Gasteiger partial charge in [0.05, 0.1) is 11.5 Å². The molecule has 0 bridgehead atoms. The average molecular weight is 352 g/mol. The minimum atomic E-state index is -0.765. The lowest BCUT2D eigenvalue weighted by Crippen LogP contribution is -2.40. The van der Waals surface area contributed by atoms with E-state index in [4.69, 9.17) is 9.47 Å². The number of carbonyl (C=O) groups excluding carboxylic acids is 1. The zero-order valence-electron chi connectivity index (χ0n) is 14.7. The number of nitro benzene ring substituents is 1. The third kappa shape index (κ3) is 5.84. The molecular formula is C17H24N2O6. The van der Waals surface area contributed by atoms with Crippen LogP contribution in [0.4, 0.5) is 5.69 Å². The largest absolute Gasteiger partial charge is 0.502 e. The van der Waals surface area contributed by atoms with Gasteiger partial charge in [-0.05, 0) is 32.9 Å². The number of carbonyl (C=O) groups is 1. The Bertz CT molecular complexity index is 611. The van der Waals surface area contributed by atoms with Crippen LogP contribution in [0.1, 0.15) is 31.1 Å². The first-order chi connectivity index (χ1) is 12.0. The van der Waals surface area contributed by atoms with Crippen LogP contribution in [0.25, 0.3) is 0 Å². The summed E-state index contributed by atoms with van der Waals surface area (Å²) in [5.74, 6) is -1.13. The number of benzene rings is 1. The topological polar surface area (TPSA) is 102 Å². The number of hydrogen-bond donors (Lipinski definition) is 1. The molecule has 0 saturated carbocycles. The lowest BCUT2D eigenvalue weighted by Gasteiger charge is -2.26. The van der Waals surface area contributed by atoms with Crippen LogP contribution in [-0.2, 0) is 9.47 Å². The lowest BCUT2D eigenvalue weighted by atomic mass is 10.1. The van der Waals surface area contributed by atoms with Crippen LogP contribution in [0.2, 0.25) is 0 Å². The zero-order valence-corrected chi connectivity index (χ0v) is 14.7. The summed E-state index contributed by atoms with van der Waals surface area (Å²) < 4.78 is 10.9. The van der Waals surface area contributed by atoms with Crippen LogP contribution < -0.4 is 0 Å². The van der Waals surface area contributed by atoms with E-state index in [1.165, 1.54) is 23.1 Å². The molecule has 0 spiro atoms. The lowest BCUT2D eigenvalue weighted by molar-refractivity contribution is -0.386. The van der Waals surface area contributed by atoms with Crippen molar-refractivity contribution in [2.24, 2.45) is 0 Å². The molecule has 138 valence electrons. The molecule has 0 saturated heterocycles. The van der Waals surface area contributed by atoms with Crippen molar-refractivity contribution in [1.82, 2.24) is 4.90 Å². The molecule has 0 atom stereocenters. The van der Waals surface area contributed by atoms with Crippen molar-refractivity contribution in [1.29, 1.82) is 0 Å². The highest BCUT2D eigenvalue weighted by atomic mass is 16.7. The predicted molar refractivity (Wildman–Crippen MR) is 92.5 cm³/mol. The van der Waals surface area contributed by atoms with E-state index in [2.05, 4.69) is 0 Å². The third-order valence-electron chi connectivity index (χ3n) is 3.35. The fourth-order valence-electron chi connectivity index (χ4n) is 2.24. The SMILES string of the molecule is C/C=C/CN(CC(OCC)OCC)C(=O)c1cccc(O)c1[N+](=O)[O-]. The highest BCUT2D eigenvalue weighted by molar-refractivity contribution is 5.99. The Morgan fingerprint density at radius 3 is 2.52 bits per heavy atom. The fourth-order valence-corrected chi connectivity index (χ4v) is 2.24. The number of phenols is 1. The van der Waals surface area contributed by atoms with Crippen LogP contribution in [0.15, 0.2) is 30.4 Å². The first-order valence-corrected chi connectivity index (χ1v) is 8.06. The number of ether oxygens (including phenoxy) is 2. The van der Waals surface area contributed by atoms with Crippen LogP contribution in [-0.4, -0.2) is 53.4 Å². The average Bonchev–Trinajstić information content (AvgIpc) is 2.57. The number of aromatic hydroxyl groups is 1. The minimum absolute atomic E-state index is 0.109. The van der Waals surface area contributed by atoms with E-state index in [-0.39, 0.29) is 18.7 Å². The Hall–Kier alpha value is -2.45. The molecule has 0 fully saturated rings. The Balaban J connectivity index is 3.16. The molecule has 0 unspecified atom stereocenters. The second kappa shape index (κ2) is 10.4. The standard InChI is InChI=1S/C17H24N2O6/c1-4-7-11-18(12-15(24-5-2)25-6-3)17(21)13-9-8-10-14(20)16(13)19(22)23/h4,7-10,15,20H,5-6,11-12H2,1-3H3/b7-4+. The van der Waals surface area contributed by atoms with Gasteiger partial charge in [-0.3, -0.25) is 14.9 Å². The van der Waals surface area contributed by atoms with Crippen molar-refractivity contribution in [3.8, 4) is 5.75 Å². The molecular weight excluding hydrogens is 328 g/mol. The van der Waals surface area contributed by atoms with E-state index in [1.54, 1.807) is 12.2 Å². The maximum absolute atomic E-state index is 12.8. The number of allylic oxidation sites excluding steroid dienone is 1.